The first-order valence-corrected chi connectivity index (χ1v) is 6.56. The smallest absolute Gasteiger partial charge is 0.169 e. The van der Waals surface area contributed by atoms with Gasteiger partial charge >= 0.3 is 0 Å². The number of ether oxygens (including phenoxy) is 2. The molecule has 1 saturated carbocycles. The van der Waals surface area contributed by atoms with Crippen molar-refractivity contribution < 1.29 is 14.3 Å². The predicted octanol–water partition coefficient (Wildman–Crippen LogP) is 2.93. The summed E-state index contributed by atoms with van der Waals surface area (Å²) >= 11 is 0. The summed E-state index contributed by atoms with van der Waals surface area (Å²) in [4.78, 5) is 12.2. The van der Waals surface area contributed by atoms with Crippen LogP contribution in [0.25, 0.3) is 0 Å². The number of Topliss-reactive ketones (excluding diaryl/α,β-unsaturated/α-hetero) is 1. The fraction of sp³-hybridized carbons (Fsp3) is 0.929. The van der Waals surface area contributed by atoms with Gasteiger partial charge in [-0.05, 0) is 11.8 Å². The van der Waals surface area contributed by atoms with Crippen molar-refractivity contribution in [2.24, 2.45) is 10.8 Å². The molecule has 1 spiro atoms. The van der Waals surface area contributed by atoms with Gasteiger partial charge in [0.15, 0.2) is 5.79 Å². The standard InChI is InChI=1S/C14H24O3/c1-12(2)9-13(3,4)11(15)5-6-14(10-12)16-7-8-17-14/h5-10H2,1-4H3. The summed E-state index contributed by atoms with van der Waals surface area (Å²) in [6.45, 7) is 9.86. The molecule has 0 bridgehead atoms. The molecule has 0 N–H and O–H groups in total. The van der Waals surface area contributed by atoms with Crippen LogP contribution in [0.4, 0.5) is 0 Å². The Balaban J connectivity index is 2.22. The van der Waals surface area contributed by atoms with E-state index in [0.29, 0.717) is 31.8 Å². The topological polar surface area (TPSA) is 35.5 Å². The van der Waals surface area contributed by atoms with E-state index in [9.17, 15) is 4.79 Å². The number of rotatable bonds is 0. The molecule has 1 aliphatic heterocycles. The van der Waals surface area contributed by atoms with Crippen LogP contribution in [0.2, 0.25) is 0 Å². The highest BCUT2D eigenvalue weighted by atomic mass is 16.7. The zero-order valence-corrected chi connectivity index (χ0v) is 11.5. The Bertz CT molecular complexity index is 311. The van der Waals surface area contributed by atoms with E-state index in [4.69, 9.17) is 9.47 Å². The van der Waals surface area contributed by atoms with Gasteiger partial charge in [-0.3, -0.25) is 4.79 Å². The first-order valence-electron chi connectivity index (χ1n) is 6.56. The van der Waals surface area contributed by atoms with Crippen LogP contribution in [0.1, 0.15) is 53.4 Å². The van der Waals surface area contributed by atoms with Crippen LogP contribution in [0, 0.1) is 10.8 Å². The maximum Gasteiger partial charge on any atom is 0.169 e. The molecule has 0 unspecified atom stereocenters. The second-order valence-electron chi connectivity index (χ2n) is 6.93. The average molecular weight is 240 g/mol. The highest BCUT2D eigenvalue weighted by molar-refractivity contribution is 5.84. The van der Waals surface area contributed by atoms with Crippen LogP contribution in [0.3, 0.4) is 0 Å². The van der Waals surface area contributed by atoms with Crippen LogP contribution in [-0.2, 0) is 14.3 Å². The van der Waals surface area contributed by atoms with Gasteiger partial charge in [0.1, 0.15) is 5.78 Å². The molecule has 0 aromatic carbocycles. The molecule has 2 rings (SSSR count). The molecule has 1 heterocycles. The minimum absolute atomic E-state index is 0.0733. The summed E-state index contributed by atoms with van der Waals surface area (Å²) in [5.74, 6) is -0.154. The zero-order valence-electron chi connectivity index (χ0n) is 11.5. The van der Waals surface area contributed by atoms with Gasteiger partial charge in [-0.1, -0.05) is 27.7 Å². The second-order valence-corrected chi connectivity index (χ2v) is 6.93. The van der Waals surface area contributed by atoms with E-state index < -0.39 is 5.79 Å². The maximum absolute atomic E-state index is 12.2. The molecule has 98 valence electrons. The first kappa shape index (κ1) is 13.0. The summed E-state index contributed by atoms with van der Waals surface area (Å²) in [5.41, 5.74) is -0.145. The van der Waals surface area contributed by atoms with Crippen molar-refractivity contribution in [2.75, 3.05) is 13.2 Å². The minimum atomic E-state index is -0.490. The van der Waals surface area contributed by atoms with Crippen molar-refractivity contribution in [2.45, 2.75) is 59.2 Å². The summed E-state index contributed by atoms with van der Waals surface area (Å²) in [6, 6.07) is 0. The number of carbonyl (C=O) groups excluding carboxylic acids is 1. The Labute approximate surface area is 104 Å². The van der Waals surface area contributed by atoms with Crippen molar-refractivity contribution in [3.63, 3.8) is 0 Å². The third-order valence-electron chi connectivity index (χ3n) is 3.97. The summed E-state index contributed by atoms with van der Waals surface area (Å²) in [5, 5.41) is 0. The number of ketones is 1. The molecule has 17 heavy (non-hydrogen) atoms. The van der Waals surface area contributed by atoms with E-state index in [1.807, 2.05) is 0 Å². The lowest BCUT2D eigenvalue weighted by Gasteiger charge is -2.42. The Morgan fingerprint density at radius 2 is 1.59 bits per heavy atom. The van der Waals surface area contributed by atoms with Crippen molar-refractivity contribution in [3.05, 3.63) is 0 Å². The molecule has 2 aliphatic rings. The van der Waals surface area contributed by atoms with Gasteiger partial charge in [0, 0.05) is 24.7 Å². The maximum atomic E-state index is 12.2. The molecule has 3 nitrogen and oxygen atoms in total. The predicted molar refractivity (Wildman–Crippen MR) is 65.7 cm³/mol. The molecule has 0 aromatic rings. The molecule has 1 aliphatic carbocycles. The largest absolute Gasteiger partial charge is 0.348 e. The summed E-state index contributed by atoms with van der Waals surface area (Å²) in [7, 11) is 0. The SMILES string of the molecule is CC1(C)CC2(CCC(=O)C(C)(C)C1)OCCO2. The van der Waals surface area contributed by atoms with E-state index in [0.717, 1.165) is 12.8 Å². The molecule has 0 amide bonds. The lowest BCUT2D eigenvalue weighted by Crippen LogP contribution is -2.43. The molecule has 0 aromatic heterocycles. The monoisotopic (exact) mass is 240 g/mol. The van der Waals surface area contributed by atoms with E-state index in [-0.39, 0.29) is 10.8 Å². The quantitative estimate of drug-likeness (QED) is 0.653. The van der Waals surface area contributed by atoms with E-state index in [2.05, 4.69) is 27.7 Å². The lowest BCUT2D eigenvalue weighted by atomic mass is 9.66. The van der Waals surface area contributed by atoms with Crippen LogP contribution < -0.4 is 0 Å². The first-order chi connectivity index (χ1) is 7.75. The highest BCUT2D eigenvalue weighted by Gasteiger charge is 2.47. The molecule has 0 radical (unpaired) electrons. The number of hydrogen-bond acceptors (Lipinski definition) is 3. The molecule has 1 saturated heterocycles. The second kappa shape index (κ2) is 4.06. The van der Waals surface area contributed by atoms with Gasteiger partial charge in [0.05, 0.1) is 13.2 Å². The van der Waals surface area contributed by atoms with Crippen LogP contribution >= 0.6 is 0 Å². The Hall–Kier alpha value is -0.410. The third kappa shape index (κ3) is 2.71. The zero-order chi connectivity index (χ0) is 12.7. The van der Waals surface area contributed by atoms with Crippen molar-refractivity contribution in [3.8, 4) is 0 Å². The molecular formula is C14H24O3. The fourth-order valence-corrected chi connectivity index (χ4v) is 3.56. The van der Waals surface area contributed by atoms with Gasteiger partial charge in [-0.15, -0.1) is 0 Å². The van der Waals surface area contributed by atoms with Crippen molar-refractivity contribution in [1.82, 2.24) is 0 Å². The van der Waals surface area contributed by atoms with E-state index in [1.165, 1.54) is 0 Å². The fourth-order valence-electron chi connectivity index (χ4n) is 3.56. The summed E-state index contributed by atoms with van der Waals surface area (Å²) in [6.07, 6.45) is 3.06. The van der Waals surface area contributed by atoms with Crippen LogP contribution in [0.15, 0.2) is 0 Å². The van der Waals surface area contributed by atoms with E-state index in [1.54, 1.807) is 0 Å². The Kier molecular flexibility index (Phi) is 3.11. The van der Waals surface area contributed by atoms with E-state index >= 15 is 0 Å². The average Bonchev–Trinajstić information content (AvgIpc) is 2.59. The molecule has 3 heteroatoms. The number of hydrogen-bond donors (Lipinski definition) is 0. The Morgan fingerprint density at radius 1 is 1.00 bits per heavy atom. The molecule has 2 fully saturated rings. The highest BCUT2D eigenvalue weighted by Crippen LogP contribution is 2.46. The van der Waals surface area contributed by atoms with Crippen LogP contribution in [-0.4, -0.2) is 24.8 Å². The number of carbonyl (C=O) groups is 1. The molecule has 0 atom stereocenters. The van der Waals surface area contributed by atoms with Gasteiger partial charge in [0.25, 0.3) is 0 Å². The third-order valence-corrected chi connectivity index (χ3v) is 3.97. The minimum Gasteiger partial charge on any atom is -0.348 e. The Morgan fingerprint density at radius 3 is 2.18 bits per heavy atom. The van der Waals surface area contributed by atoms with Crippen molar-refractivity contribution >= 4 is 5.78 Å². The van der Waals surface area contributed by atoms with Crippen molar-refractivity contribution in [1.29, 1.82) is 0 Å². The van der Waals surface area contributed by atoms with Gasteiger partial charge in [-0.25, -0.2) is 0 Å². The van der Waals surface area contributed by atoms with Gasteiger partial charge in [-0.2, -0.15) is 0 Å². The molecular weight excluding hydrogens is 216 g/mol. The summed E-state index contributed by atoms with van der Waals surface area (Å²) < 4.78 is 11.6. The normalized spacial score (nSPS) is 31.2. The van der Waals surface area contributed by atoms with Gasteiger partial charge < -0.3 is 9.47 Å². The van der Waals surface area contributed by atoms with Gasteiger partial charge in [0.2, 0.25) is 0 Å². The lowest BCUT2D eigenvalue weighted by molar-refractivity contribution is -0.192. The van der Waals surface area contributed by atoms with Crippen LogP contribution in [0.5, 0.6) is 0 Å².